The maximum absolute atomic E-state index is 9.78. The van der Waals surface area contributed by atoms with Crippen LogP contribution in [0.25, 0.3) is 0 Å². The van der Waals surface area contributed by atoms with Gasteiger partial charge in [0.1, 0.15) is 17.4 Å². The molecule has 8 nitrogen and oxygen atoms in total. The third-order valence-corrected chi connectivity index (χ3v) is 4.59. The van der Waals surface area contributed by atoms with Crippen molar-refractivity contribution in [1.29, 1.82) is 5.26 Å². The summed E-state index contributed by atoms with van der Waals surface area (Å²) in [6.45, 7) is 4.06. The smallest absolute Gasteiger partial charge is 0.244 e. The molecule has 1 atom stereocenters. The van der Waals surface area contributed by atoms with Gasteiger partial charge in [0, 0.05) is 17.3 Å². The number of nitrogens with two attached hydrogens (primary N) is 1. The first kappa shape index (κ1) is 18.5. The van der Waals surface area contributed by atoms with Crippen LogP contribution in [0.3, 0.4) is 0 Å². The number of nitriles is 1. The summed E-state index contributed by atoms with van der Waals surface area (Å²) in [5, 5.41) is 17.0. The van der Waals surface area contributed by atoms with Crippen molar-refractivity contribution in [3.8, 4) is 29.2 Å². The van der Waals surface area contributed by atoms with E-state index in [0.29, 0.717) is 28.7 Å². The molecule has 3 rings (SSSR count). The van der Waals surface area contributed by atoms with E-state index < -0.39 is 5.92 Å². The highest BCUT2D eigenvalue weighted by Gasteiger charge is 2.37. The summed E-state index contributed by atoms with van der Waals surface area (Å²) >= 11 is 0. The van der Waals surface area contributed by atoms with Gasteiger partial charge in [-0.2, -0.15) is 5.26 Å². The Morgan fingerprint density at radius 3 is 2.33 bits per heavy atom. The highest BCUT2D eigenvalue weighted by Crippen LogP contribution is 2.49. The summed E-state index contributed by atoms with van der Waals surface area (Å²) in [7, 11) is 4.66. The highest BCUT2D eigenvalue weighted by molar-refractivity contribution is 5.62. The summed E-state index contributed by atoms with van der Waals surface area (Å²) in [4.78, 5) is 0. The van der Waals surface area contributed by atoms with E-state index in [9.17, 15) is 5.26 Å². The fraction of sp³-hybridized carbons (Fsp3) is 0.368. The maximum Gasteiger partial charge on any atom is 0.244 e. The first-order chi connectivity index (χ1) is 13.0. The molecule has 8 heteroatoms. The molecule has 2 aromatic rings. The standard InChI is InChI=1S/C19H22N4O4/c1-9(2)17-16-15(11(8-20)18(21)27-19(16)23-22-17)10-6-13(25-4)14(26-5)7-12(10)24-3/h6-7,9,15H,21H2,1-5H3,(H,22,23). The fourth-order valence-corrected chi connectivity index (χ4v) is 3.30. The Morgan fingerprint density at radius 1 is 1.15 bits per heavy atom. The molecule has 0 fully saturated rings. The summed E-state index contributed by atoms with van der Waals surface area (Å²) in [5.41, 5.74) is 8.65. The molecular weight excluding hydrogens is 348 g/mol. The number of benzene rings is 1. The van der Waals surface area contributed by atoms with Gasteiger partial charge in [0.2, 0.25) is 11.8 Å². The number of allylic oxidation sites excluding steroid dienone is 1. The van der Waals surface area contributed by atoms with Crippen molar-refractivity contribution in [1.82, 2.24) is 10.2 Å². The molecule has 3 N–H and O–H groups in total. The molecule has 1 aliphatic heterocycles. The van der Waals surface area contributed by atoms with Crippen molar-refractivity contribution in [3.05, 3.63) is 40.4 Å². The molecular formula is C19H22N4O4. The lowest BCUT2D eigenvalue weighted by Crippen LogP contribution is -2.22. The molecule has 0 saturated heterocycles. The number of rotatable bonds is 5. The monoisotopic (exact) mass is 370 g/mol. The minimum atomic E-state index is -0.510. The lowest BCUT2D eigenvalue weighted by molar-refractivity contribution is 0.346. The Bertz CT molecular complexity index is 940. The van der Waals surface area contributed by atoms with Crippen LogP contribution in [0, 0.1) is 11.3 Å². The SMILES string of the molecule is COc1cc(OC)c(C2C(C#N)=C(N)Oc3n[nH]c(C(C)C)c32)cc1OC. The van der Waals surface area contributed by atoms with Crippen LogP contribution in [0.5, 0.6) is 23.1 Å². The Kier molecular flexibility index (Phi) is 4.86. The normalized spacial score (nSPS) is 15.8. The second kappa shape index (κ2) is 7.11. The van der Waals surface area contributed by atoms with Crippen molar-refractivity contribution < 1.29 is 18.9 Å². The molecule has 2 heterocycles. The zero-order valence-electron chi connectivity index (χ0n) is 15.9. The van der Waals surface area contributed by atoms with Gasteiger partial charge < -0.3 is 24.7 Å². The van der Waals surface area contributed by atoms with Crippen LogP contribution in [0.1, 0.15) is 42.5 Å². The van der Waals surface area contributed by atoms with E-state index in [2.05, 4.69) is 16.3 Å². The number of nitrogens with zero attached hydrogens (tertiary/aromatic N) is 2. The first-order valence-corrected chi connectivity index (χ1v) is 8.42. The van der Waals surface area contributed by atoms with Gasteiger partial charge in [-0.15, -0.1) is 5.10 Å². The predicted molar refractivity (Wildman–Crippen MR) is 98.1 cm³/mol. The molecule has 0 radical (unpaired) electrons. The van der Waals surface area contributed by atoms with Gasteiger partial charge in [0.05, 0.1) is 32.8 Å². The lowest BCUT2D eigenvalue weighted by Gasteiger charge is -2.26. The number of aromatic amines is 1. The zero-order valence-corrected chi connectivity index (χ0v) is 15.9. The first-order valence-electron chi connectivity index (χ1n) is 8.42. The summed E-state index contributed by atoms with van der Waals surface area (Å²) in [6, 6.07) is 5.69. The lowest BCUT2D eigenvalue weighted by atomic mass is 9.82. The number of H-pyrrole nitrogens is 1. The second-order valence-corrected chi connectivity index (χ2v) is 6.38. The van der Waals surface area contributed by atoms with Crippen LogP contribution in [-0.4, -0.2) is 31.5 Å². The van der Waals surface area contributed by atoms with Crippen LogP contribution < -0.4 is 24.7 Å². The molecule has 1 aromatic carbocycles. The van der Waals surface area contributed by atoms with Crippen LogP contribution in [0.2, 0.25) is 0 Å². The third kappa shape index (κ3) is 2.91. The zero-order chi connectivity index (χ0) is 19.7. The minimum absolute atomic E-state index is 0.0219. The number of fused-ring (bicyclic) bond motifs is 1. The van der Waals surface area contributed by atoms with Gasteiger partial charge in [0.15, 0.2) is 11.5 Å². The van der Waals surface area contributed by atoms with Crippen LogP contribution in [0.4, 0.5) is 0 Å². The van der Waals surface area contributed by atoms with E-state index in [0.717, 1.165) is 11.3 Å². The second-order valence-electron chi connectivity index (χ2n) is 6.38. The van der Waals surface area contributed by atoms with E-state index >= 15 is 0 Å². The largest absolute Gasteiger partial charge is 0.496 e. The van der Waals surface area contributed by atoms with Crippen LogP contribution in [0.15, 0.2) is 23.6 Å². The Morgan fingerprint density at radius 2 is 1.78 bits per heavy atom. The van der Waals surface area contributed by atoms with Crippen LogP contribution in [-0.2, 0) is 0 Å². The average molecular weight is 370 g/mol. The van der Waals surface area contributed by atoms with Crippen molar-refractivity contribution >= 4 is 0 Å². The Hall–Kier alpha value is -3.34. The quantitative estimate of drug-likeness (QED) is 0.831. The molecule has 0 bridgehead atoms. The molecule has 0 saturated carbocycles. The molecule has 1 aliphatic rings. The minimum Gasteiger partial charge on any atom is -0.496 e. The number of aromatic nitrogens is 2. The number of hydrogen-bond acceptors (Lipinski definition) is 7. The number of methoxy groups -OCH3 is 3. The summed E-state index contributed by atoms with van der Waals surface area (Å²) < 4.78 is 22.0. The van der Waals surface area contributed by atoms with Crippen molar-refractivity contribution in [2.75, 3.05) is 21.3 Å². The fourth-order valence-electron chi connectivity index (χ4n) is 3.30. The summed E-state index contributed by atoms with van der Waals surface area (Å²) in [6.07, 6.45) is 0. The third-order valence-electron chi connectivity index (χ3n) is 4.59. The van der Waals surface area contributed by atoms with Crippen molar-refractivity contribution in [2.45, 2.75) is 25.7 Å². The van der Waals surface area contributed by atoms with E-state index in [4.69, 9.17) is 24.7 Å². The molecule has 0 amide bonds. The predicted octanol–water partition coefficient (Wildman–Crippen LogP) is 2.78. The topological polar surface area (TPSA) is 115 Å². The van der Waals surface area contributed by atoms with Gasteiger partial charge in [-0.05, 0) is 12.0 Å². The number of nitrogens with one attached hydrogen (secondary N) is 1. The van der Waals surface area contributed by atoms with Gasteiger partial charge in [-0.1, -0.05) is 13.8 Å². The molecule has 1 unspecified atom stereocenters. The van der Waals surface area contributed by atoms with Gasteiger partial charge in [-0.25, -0.2) is 0 Å². The van der Waals surface area contributed by atoms with E-state index in [-0.39, 0.29) is 17.4 Å². The van der Waals surface area contributed by atoms with Crippen molar-refractivity contribution in [3.63, 3.8) is 0 Å². The van der Waals surface area contributed by atoms with Gasteiger partial charge >= 0.3 is 0 Å². The average Bonchev–Trinajstić information content (AvgIpc) is 3.09. The molecule has 27 heavy (non-hydrogen) atoms. The highest BCUT2D eigenvalue weighted by atomic mass is 16.5. The molecule has 0 spiro atoms. The molecule has 0 aliphatic carbocycles. The Balaban J connectivity index is 2.33. The van der Waals surface area contributed by atoms with E-state index in [1.54, 1.807) is 33.5 Å². The van der Waals surface area contributed by atoms with E-state index in [1.165, 1.54) is 0 Å². The Labute approximate surface area is 157 Å². The number of ether oxygens (including phenoxy) is 4. The number of hydrogen-bond donors (Lipinski definition) is 2. The van der Waals surface area contributed by atoms with Crippen molar-refractivity contribution in [2.24, 2.45) is 5.73 Å². The summed E-state index contributed by atoms with van der Waals surface area (Å²) in [5.74, 6) is 1.60. The van der Waals surface area contributed by atoms with E-state index in [1.807, 2.05) is 13.8 Å². The van der Waals surface area contributed by atoms with Gasteiger partial charge in [-0.3, -0.25) is 5.10 Å². The van der Waals surface area contributed by atoms with Crippen LogP contribution >= 0.6 is 0 Å². The molecule has 1 aromatic heterocycles. The molecule has 142 valence electrons. The van der Waals surface area contributed by atoms with Gasteiger partial charge in [0.25, 0.3) is 0 Å². The maximum atomic E-state index is 9.78.